The molecular weight excluding hydrogens is 211 g/mol. The number of piperazine rings is 1. The van der Waals surface area contributed by atoms with E-state index in [4.69, 9.17) is 0 Å². The largest absolute Gasteiger partial charge is 0.490 e. The zero-order valence-electron chi connectivity index (χ0n) is 8.18. The van der Waals surface area contributed by atoms with E-state index in [0.717, 1.165) is 0 Å². The number of amides is 2. The van der Waals surface area contributed by atoms with Gasteiger partial charge >= 0.3 is 12.2 Å². The summed E-state index contributed by atoms with van der Waals surface area (Å²) in [5.74, 6) is 0. The smallest absolute Gasteiger partial charge is 0.287 e. The lowest BCUT2D eigenvalue weighted by molar-refractivity contribution is -0.345. The second-order valence-corrected chi connectivity index (χ2v) is 3.36. The summed E-state index contributed by atoms with van der Waals surface area (Å²) in [5.41, 5.74) is 0. The van der Waals surface area contributed by atoms with Gasteiger partial charge in [-0.3, -0.25) is 4.90 Å². The third-order valence-corrected chi connectivity index (χ3v) is 2.21. The van der Waals surface area contributed by atoms with Gasteiger partial charge in [-0.05, 0) is 0 Å². The molecular formula is C8H13F3N3O+. The molecule has 1 fully saturated rings. The van der Waals surface area contributed by atoms with Crippen molar-refractivity contribution >= 4 is 12.7 Å². The van der Waals surface area contributed by atoms with Crippen molar-refractivity contribution < 1.29 is 23.0 Å². The van der Waals surface area contributed by atoms with Gasteiger partial charge in [-0.2, -0.15) is 18.0 Å². The van der Waals surface area contributed by atoms with E-state index in [9.17, 15) is 18.0 Å². The summed E-state index contributed by atoms with van der Waals surface area (Å²) in [4.78, 5) is 16.0. The Hall–Kier alpha value is -1.11. The predicted octanol–water partition coefficient (Wildman–Crippen LogP) is -0.932. The fourth-order valence-electron chi connectivity index (χ4n) is 1.47. The first-order valence-electron chi connectivity index (χ1n) is 4.53. The van der Waals surface area contributed by atoms with E-state index in [2.05, 4.69) is 11.7 Å². The minimum absolute atomic E-state index is 0.243. The summed E-state index contributed by atoms with van der Waals surface area (Å²) in [6, 6.07) is -0.346. The molecule has 0 unspecified atom stereocenters. The summed E-state index contributed by atoms with van der Waals surface area (Å²) < 4.78 is 36.1. The first kappa shape index (κ1) is 12.0. The lowest BCUT2D eigenvalue weighted by Crippen LogP contribution is -2.77. The van der Waals surface area contributed by atoms with Gasteiger partial charge in [-0.15, -0.1) is 0 Å². The summed E-state index contributed by atoms with van der Waals surface area (Å²) in [5, 5.41) is 0. The van der Waals surface area contributed by atoms with Crippen LogP contribution in [0.25, 0.3) is 0 Å². The molecule has 1 heterocycles. The SMILES string of the molecule is C=[NH+]C(=O)N1CCN(CC(F)(F)F)CC1. The number of hydrogen-bond acceptors (Lipinski definition) is 2. The van der Waals surface area contributed by atoms with Gasteiger partial charge in [-0.1, -0.05) is 0 Å². The molecule has 0 radical (unpaired) electrons. The normalized spacial score (nSPS) is 19.0. The molecule has 86 valence electrons. The topological polar surface area (TPSA) is 37.5 Å². The van der Waals surface area contributed by atoms with Crippen molar-refractivity contribution in [3.05, 3.63) is 0 Å². The van der Waals surface area contributed by atoms with Crippen LogP contribution in [0, 0.1) is 0 Å². The molecule has 2 amide bonds. The van der Waals surface area contributed by atoms with Gasteiger partial charge in [0.25, 0.3) is 0 Å². The quantitative estimate of drug-likeness (QED) is 0.584. The van der Waals surface area contributed by atoms with Crippen LogP contribution in [0.15, 0.2) is 0 Å². The third-order valence-electron chi connectivity index (χ3n) is 2.21. The molecule has 1 rings (SSSR count). The highest BCUT2D eigenvalue weighted by Gasteiger charge is 2.34. The Balaban J connectivity index is 2.36. The molecule has 0 aliphatic carbocycles. The Morgan fingerprint density at radius 1 is 1.27 bits per heavy atom. The van der Waals surface area contributed by atoms with Crippen LogP contribution in [-0.2, 0) is 0 Å². The Morgan fingerprint density at radius 3 is 2.20 bits per heavy atom. The third kappa shape index (κ3) is 3.86. The average molecular weight is 224 g/mol. The standard InChI is InChI=1S/C8H12F3N3O/c1-12-7(15)14-4-2-13(3-5-14)6-8(9,10)11/h1-6H2/p+1. The lowest BCUT2D eigenvalue weighted by atomic mass is 10.3. The van der Waals surface area contributed by atoms with Crippen LogP contribution < -0.4 is 4.99 Å². The molecule has 0 spiro atoms. The molecule has 4 nitrogen and oxygen atoms in total. The van der Waals surface area contributed by atoms with Gasteiger partial charge in [0.05, 0.1) is 13.3 Å². The molecule has 7 heteroatoms. The van der Waals surface area contributed by atoms with Gasteiger partial charge in [-0.25, -0.2) is 9.89 Å². The molecule has 0 aromatic rings. The fourth-order valence-corrected chi connectivity index (χ4v) is 1.47. The van der Waals surface area contributed by atoms with Crippen molar-refractivity contribution in [1.29, 1.82) is 0 Å². The van der Waals surface area contributed by atoms with Crippen LogP contribution >= 0.6 is 0 Å². The van der Waals surface area contributed by atoms with Crippen molar-refractivity contribution in [3.8, 4) is 0 Å². The second-order valence-electron chi connectivity index (χ2n) is 3.36. The van der Waals surface area contributed by atoms with Gasteiger partial charge < -0.3 is 0 Å². The minimum Gasteiger partial charge on any atom is -0.287 e. The lowest BCUT2D eigenvalue weighted by Gasteiger charge is -2.29. The first-order valence-corrected chi connectivity index (χ1v) is 4.53. The first-order chi connectivity index (χ1) is 6.92. The molecule has 1 aliphatic heterocycles. The van der Waals surface area contributed by atoms with E-state index in [1.165, 1.54) is 9.80 Å². The number of carbonyl (C=O) groups excluding carboxylic acids is 1. The van der Waals surface area contributed by atoms with Crippen LogP contribution in [0.3, 0.4) is 0 Å². The summed E-state index contributed by atoms with van der Waals surface area (Å²) >= 11 is 0. The molecule has 0 atom stereocenters. The van der Waals surface area contributed by atoms with Gasteiger partial charge in [0.1, 0.15) is 13.1 Å². The summed E-state index contributed by atoms with van der Waals surface area (Å²) in [6.45, 7) is 3.39. The number of urea groups is 1. The van der Waals surface area contributed by atoms with Crippen molar-refractivity contribution in [1.82, 2.24) is 9.80 Å². The van der Waals surface area contributed by atoms with E-state index in [1.54, 1.807) is 0 Å². The zero-order valence-corrected chi connectivity index (χ0v) is 8.18. The summed E-state index contributed by atoms with van der Waals surface area (Å²) in [7, 11) is 0. The Bertz CT molecular complexity index is 246. The highest BCUT2D eigenvalue weighted by atomic mass is 19.4. The van der Waals surface area contributed by atoms with Crippen LogP contribution in [0.5, 0.6) is 0 Å². The molecule has 1 aliphatic rings. The minimum atomic E-state index is -4.17. The molecule has 0 bridgehead atoms. The van der Waals surface area contributed by atoms with E-state index in [-0.39, 0.29) is 19.1 Å². The van der Waals surface area contributed by atoms with E-state index in [0.29, 0.717) is 13.1 Å². The van der Waals surface area contributed by atoms with E-state index in [1.807, 2.05) is 0 Å². The highest BCUT2D eigenvalue weighted by molar-refractivity contribution is 5.64. The van der Waals surface area contributed by atoms with Gasteiger partial charge in [0.15, 0.2) is 0 Å². The molecule has 15 heavy (non-hydrogen) atoms. The van der Waals surface area contributed by atoms with Gasteiger partial charge in [0.2, 0.25) is 0 Å². The number of carbonyl (C=O) groups is 1. The number of nitrogens with zero attached hydrogens (tertiary/aromatic N) is 2. The summed E-state index contributed by atoms with van der Waals surface area (Å²) in [6.07, 6.45) is -4.17. The fraction of sp³-hybridized carbons (Fsp3) is 0.750. The van der Waals surface area contributed by atoms with Gasteiger partial charge in [0, 0.05) is 13.1 Å². The maximum atomic E-state index is 12.0. The van der Waals surface area contributed by atoms with Crippen LogP contribution in [0.4, 0.5) is 18.0 Å². The number of halogens is 3. The molecule has 1 N–H and O–H groups in total. The molecule has 0 saturated carbocycles. The number of alkyl halides is 3. The Kier molecular flexibility index (Phi) is 3.67. The van der Waals surface area contributed by atoms with Crippen LogP contribution in [0.1, 0.15) is 0 Å². The van der Waals surface area contributed by atoms with Crippen molar-refractivity contribution in [2.24, 2.45) is 0 Å². The Morgan fingerprint density at radius 2 is 1.80 bits per heavy atom. The maximum Gasteiger partial charge on any atom is 0.490 e. The van der Waals surface area contributed by atoms with E-state index < -0.39 is 12.7 Å². The second kappa shape index (κ2) is 4.61. The molecule has 0 aromatic heterocycles. The van der Waals surface area contributed by atoms with E-state index >= 15 is 0 Å². The average Bonchev–Trinajstić information content (AvgIpc) is 2.15. The van der Waals surface area contributed by atoms with Crippen LogP contribution in [0.2, 0.25) is 0 Å². The highest BCUT2D eigenvalue weighted by Crippen LogP contribution is 2.17. The monoisotopic (exact) mass is 224 g/mol. The number of hydrogen-bond donors (Lipinski definition) is 1. The van der Waals surface area contributed by atoms with Crippen molar-refractivity contribution in [2.45, 2.75) is 6.18 Å². The maximum absolute atomic E-state index is 12.0. The van der Waals surface area contributed by atoms with Crippen LogP contribution in [-0.4, -0.2) is 61.4 Å². The predicted molar refractivity (Wildman–Crippen MR) is 47.5 cm³/mol. The Labute approximate surface area is 85.4 Å². The van der Waals surface area contributed by atoms with Crippen molar-refractivity contribution in [3.63, 3.8) is 0 Å². The number of nitrogens with one attached hydrogen (secondary N) is 1. The molecule has 0 aromatic carbocycles. The van der Waals surface area contributed by atoms with Crippen molar-refractivity contribution in [2.75, 3.05) is 32.7 Å². The zero-order chi connectivity index (χ0) is 11.5. The number of rotatable bonds is 1. The molecule has 1 saturated heterocycles.